The number of phenols is 2. The van der Waals surface area contributed by atoms with Crippen molar-refractivity contribution in [2.45, 2.75) is 45.8 Å². The van der Waals surface area contributed by atoms with Gasteiger partial charge in [0.1, 0.15) is 18.1 Å². The highest BCUT2D eigenvalue weighted by molar-refractivity contribution is 5.89. The molecule has 0 amide bonds. The molecule has 0 saturated carbocycles. The number of aryl methyl sites for hydroxylation is 1. The van der Waals surface area contributed by atoms with Crippen LogP contribution in [0.15, 0.2) is 72.9 Å². The largest absolute Gasteiger partial charge is 0.507 e. The van der Waals surface area contributed by atoms with Gasteiger partial charge in [0.05, 0.1) is 23.8 Å². The number of carbonyl (C=O) groups is 1. The fourth-order valence-electron chi connectivity index (χ4n) is 4.39. The third-order valence-electron chi connectivity index (χ3n) is 6.34. The maximum Gasteiger partial charge on any atom is 0.338 e. The molecule has 4 rings (SSSR count). The van der Waals surface area contributed by atoms with Crippen molar-refractivity contribution in [2.24, 2.45) is 5.92 Å². The number of hydrogen-bond acceptors (Lipinski definition) is 5. The van der Waals surface area contributed by atoms with Crippen LogP contribution < -0.4 is 0 Å². The smallest absolute Gasteiger partial charge is 0.338 e. The van der Waals surface area contributed by atoms with Crippen LogP contribution in [-0.2, 0) is 24.1 Å². The van der Waals surface area contributed by atoms with Gasteiger partial charge in [-0.2, -0.15) is 0 Å². The normalized spacial score (nSPS) is 12.2. The lowest BCUT2D eigenvalue weighted by molar-refractivity contribution is 0.0259. The number of ether oxygens (including phenoxy) is 1. The summed E-state index contributed by atoms with van der Waals surface area (Å²) in [4.78, 5) is 12.2. The van der Waals surface area contributed by atoms with Crippen LogP contribution in [-0.4, -0.2) is 38.6 Å². The van der Waals surface area contributed by atoms with Crippen molar-refractivity contribution in [2.75, 3.05) is 6.61 Å². The molecule has 0 aliphatic rings. The lowest BCUT2D eigenvalue weighted by Crippen LogP contribution is -2.20. The molecule has 0 spiro atoms. The average molecular weight is 488 g/mol. The zero-order valence-electron chi connectivity index (χ0n) is 20.7. The van der Waals surface area contributed by atoms with Crippen molar-refractivity contribution >= 4 is 16.9 Å². The number of aliphatic hydroxyl groups excluding tert-OH is 1. The first-order valence-corrected chi connectivity index (χ1v) is 12.3. The second-order valence-electron chi connectivity index (χ2n) is 9.67. The Bertz CT molecular complexity index is 1300. The summed E-state index contributed by atoms with van der Waals surface area (Å²) in [6.45, 7) is 4.45. The molecule has 3 N–H and O–H groups in total. The summed E-state index contributed by atoms with van der Waals surface area (Å²) < 4.78 is 7.25. The van der Waals surface area contributed by atoms with Crippen molar-refractivity contribution in [1.29, 1.82) is 0 Å². The number of nitrogens with zero attached hydrogens (tertiary/aromatic N) is 1. The highest BCUT2D eigenvalue weighted by Gasteiger charge is 2.17. The van der Waals surface area contributed by atoms with Crippen LogP contribution in [0.25, 0.3) is 10.9 Å². The zero-order valence-corrected chi connectivity index (χ0v) is 20.7. The molecule has 0 saturated heterocycles. The van der Waals surface area contributed by atoms with Gasteiger partial charge in [-0.05, 0) is 60.2 Å². The van der Waals surface area contributed by atoms with E-state index in [1.165, 1.54) is 0 Å². The average Bonchev–Trinajstić information content (AvgIpc) is 3.21. The van der Waals surface area contributed by atoms with Crippen molar-refractivity contribution in [3.05, 3.63) is 95.2 Å². The molecule has 0 fully saturated rings. The van der Waals surface area contributed by atoms with E-state index in [9.17, 15) is 20.1 Å². The maximum absolute atomic E-state index is 12.2. The number of aromatic hydroxyl groups is 2. The third-order valence-corrected chi connectivity index (χ3v) is 6.34. The van der Waals surface area contributed by atoms with Gasteiger partial charge in [-0.1, -0.05) is 50.2 Å². The van der Waals surface area contributed by atoms with Crippen molar-refractivity contribution in [3.63, 3.8) is 0 Å². The summed E-state index contributed by atoms with van der Waals surface area (Å²) in [5.41, 5.74) is 3.61. The van der Waals surface area contributed by atoms with Crippen LogP contribution in [0.2, 0.25) is 0 Å². The summed E-state index contributed by atoms with van der Waals surface area (Å²) in [5.74, 6) is 0.206. The van der Waals surface area contributed by atoms with Gasteiger partial charge < -0.3 is 24.6 Å². The molecule has 0 aliphatic heterocycles. The maximum atomic E-state index is 12.2. The van der Waals surface area contributed by atoms with Crippen LogP contribution in [0, 0.1) is 5.92 Å². The number of aliphatic hydroxyl groups is 1. The fraction of sp³-hybridized carbons (Fsp3) is 0.300. The number of esters is 1. The van der Waals surface area contributed by atoms with E-state index >= 15 is 0 Å². The third kappa shape index (κ3) is 6.07. The summed E-state index contributed by atoms with van der Waals surface area (Å²) >= 11 is 0. The zero-order chi connectivity index (χ0) is 25.7. The Labute approximate surface area is 211 Å². The summed E-state index contributed by atoms with van der Waals surface area (Å²) in [6.07, 6.45) is 3.11. The van der Waals surface area contributed by atoms with Gasteiger partial charge >= 0.3 is 5.97 Å². The van der Waals surface area contributed by atoms with Crippen LogP contribution >= 0.6 is 0 Å². The van der Waals surface area contributed by atoms with Crippen LogP contribution in [0.4, 0.5) is 0 Å². The number of benzene rings is 3. The molecule has 4 aromatic rings. The van der Waals surface area contributed by atoms with E-state index in [4.69, 9.17) is 4.74 Å². The Morgan fingerprint density at radius 2 is 1.64 bits per heavy atom. The van der Waals surface area contributed by atoms with E-state index in [1.54, 1.807) is 36.4 Å². The van der Waals surface area contributed by atoms with E-state index in [0.717, 1.165) is 34.9 Å². The first kappa shape index (κ1) is 25.3. The Kier molecular flexibility index (Phi) is 7.96. The van der Waals surface area contributed by atoms with Gasteiger partial charge in [0, 0.05) is 23.5 Å². The van der Waals surface area contributed by atoms with E-state index in [0.29, 0.717) is 23.5 Å². The Morgan fingerprint density at radius 1 is 0.972 bits per heavy atom. The highest BCUT2D eigenvalue weighted by atomic mass is 16.5. The molecule has 0 bridgehead atoms. The lowest BCUT2D eigenvalue weighted by Gasteiger charge is -2.13. The standard InChI is InChI=1S/C30H33NO5/c1-20(2)12-13-21-14-28(33)26(29(34)15-21)18-31-17-23(25-10-6-7-11-27(25)31)16-24(32)19-36-30(35)22-8-4-3-5-9-22/h3-11,14-15,17,20,24,32-34H,12-13,16,18-19H2,1-2H3. The highest BCUT2D eigenvalue weighted by Crippen LogP contribution is 2.32. The molecule has 188 valence electrons. The van der Waals surface area contributed by atoms with Gasteiger partial charge in [-0.15, -0.1) is 0 Å². The molecule has 36 heavy (non-hydrogen) atoms. The molecule has 1 heterocycles. The molecule has 3 aromatic carbocycles. The van der Waals surface area contributed by atoms with E-state index in [2.05, 4.69) is 13.8 Å². The number of rotatable bonds is 10. The number of hydrogen-bond donors (Lipinski definition) is 3. The summed E-state index contributed by atoms with van der Waals surface area (Å²) in [7, 11) is 0. The number of aromatic nitrogens is 1. The molecule has 6 heteroatoms. The molecular weight excluding hydrogens is 454 g/mol. The van der Waals surface area contributed by atoms with Crippen LogP contribution in [0.3, 0.4) is 0 Å². The van der Waals surface area contributed by atoms with Gasteiger partial charge in [0.2, 0.25) is 0 Å². The fourth-order valence-corrected chi connectivity index (χ4v) is 4.39. The first-order chi connectivity index (χ1) is 17.3. The summed E-state index contributed by atoms with van der Waals surface area (Å²) in [5, 5.41) is 32.9. The van der Waals surface area contributed by atoms with E-state index in [-0.39, 0.29) is 24.7 Å². The minimum absolute atomic E-state index is 0.0703. The van der Waals surface area contributed by atoms with Crippen molar-refractivity contribution in [3.8, 4) is 11.5 Å². The van der Waals surface area contributed by atoms with Gasteiger partial charge in [-0.3, -0.25) is 0 Å². The number of para-hydroxylation sites is 1. The predicted octanol–water partition coefficient (Wildman–Crippen LogP) is 5.45. The number of fused-ring (bicyclic) bond motifs is 1. The minimum Gasteiger partial charge on any atom is -0.507 e. The van der Waals surface area contributed by atoms with E-state index in [1.807, 2.05) is 41.1 Å². The Balaban J connectivity index is 1.50. The second kappa shape index (κ2) is 11.3. The summed E-state index contributed by atoms with van der Waals surface area (Å²) in [6, 6.07) is 19.9. The minimum atomic E-state index is -0.876. The lowest BCUT2D eigenvalue weighted by atomic mass is 10.0. The molecule has 1 unspecified atom stereocenters. The molecule has 0 aliphatic carbocycles. The molecule has 1 atom stereocenters. The van der Waals surface area contributed by atoms with E-state index < -0.39 is 12.1 Å². The predicted molar refractivity (Wildman–Crippen MR) is 140 cm³/mol. The number of phenolic OH excluding ortho intramolecular Hbond substituents is 2. The Morgan fingerprint density at radius 3 is 2.33 bits per heavy atom. The van der Waals surface area contributed by atoms with Crippen molar-refractivity contribution < 1.29 is 24.9 Å². The molecule has 0 radical (unpaired) electrons. The first-order valence-electron chi connectivity index (χ1n) is 12.3. The molecule has 1 aromatic heterocycles. The molecular formula is C30H33NO5. The topological polar surface area (TPSA) is 91.9 Å². The quantitative estimate of drug-likeness (QED) is 0.259. The van der Waals surface area contributed by atoms with Crippen LogP contribution in [0.5, 0.6) is 11.5 Å². The van der Waals surface area contributed by atoms with Crippen molar-refractivity contribution in [1.82, 2.24) is 4.57 Å². The second-order valence-corrected chi connectivity index (χ2v) is 9.67. The number of carbonyl (C=O) groups excluding carboxylic acids is 1. The van der Waals surface area contributed by atoms with Crippen LogP contribution in [0.1, 0.15) is 47.3 Å². The molecule has 6 nitrogen and oxygen atoms in total. The monoisotopic (exact) mass is 487 g/mol. The van der Waals surface area contributed by atoms with Gasteiger partial charge in [0.25, 0.3) is 0 Å². The Hall–Kier alpha value is -3.77. The van der Waals surface area contributed by atoms with Gasteiger partial charge in [0.15, 0.2) is 0 Å². The van der Waals surface area contributed by atoms with Gasteiger partial charge in [-0.25, -0.2) is 4.79 Å². The SMILES string of the molecule is CC(C)CCc1cc(O)c(Cn2cc(CC(O)COC(=O)c3ccccc3)c3ccccc32)c(O)c1.